The maximum absolute atomic E-state index is 11.7. The van der Waals surface area contributed by atoms with Crippen molar-refractivity contribution in [1.29, 1.82) is 0 Å². The van der Waals surface area contributed by atoms with E-state index in [0.717, 1.165) is 24.3 Å². The SMILES string of the molecule is CCSC1CCC(N2CCC(=O)C(C)C2C)C1. The second-order valence-corrected chi connectivity index (χ2v) is 7.10. The number of carbonyl (C=O) groups is 1. The fraction of sp³-hybridized carbons (Fsp3) is 0.929. The van der Waals surface area contributed by atoms with Crippen LogP contribution in [0.15, 0.2) is 0 Å². The van der Waals surface area contributed by atoms with Gasteiger partial charge in [-0.3, -0.25) is 9.69 Å². The van der Waals surface area contributed by atoms with E-state index in [1.807, 2.05) is 0 Å². The highest BCUT2D eigenvalue weighted by Crippen LogP contribution is 2.35. The van der Waals surface area contributed by atoms with Crippen LogP contribution in [0.1, 0.15) is 46.5 Å². The molecule has 1 saturated heterocycles. The molecule has 3 heteroatoms. The molecule has 1 saturated carbocycles. The van der Waals surface area contributed by atoms with Gasteiger partial charge in [-0.1, -0.05) is 13.8 Å². The highest BCUT2D eigenvalue weighted by molar-refractivity contribution is 7.99. The molecule has 4 unspecified atom stereocenters. The van der Waals surface area contributed by atoms with E-state index in [1.165, 1.54) is 25.0 Å². The zero-order chi connectivity index (χ0) is 12.4. The Labute approximate surface area is 110 Å². The first-order valence-corrected chi connectivity index (χ1v) is 8.08. The van der Waals surface area contributed by atoms with Crippen molar-refractivity contribution in [3.05, 3.63) is 0 Å². The molecule has 1 aliphatic carbocycles. The molecule has 17 heavy (non-hydrogen) atoms. The summed E-state index contributed by atoms with van der Waals surface area (Å²) >= 11 is 2.12. The van der Waals surface area contributed by atoms with Crippen LogP contribution < -0.4 is 0 Å². The van der Waals surface area contributed by atoms with Crippen molar-refractivity contribution in [2.75, 3.05) is 12.3 Å². The number of nitrogens with zero attached hydrogens (tertiary/aromatic N) is 1. The van der Waals surface area contributed by atoms with Crippen molar-refractivity contribution in [1.82, 2.24) is 4.90 Å². The number of Topliss-reactive ketones (excluding diaryl/α,β-unsaturated/α-hetero) is 1. The minimum absolute atomic E-state index is 0.238. The predicted molar refractivity (Wildman–Crippen MR) is 74.5 cm³/mol. The molecule has 0 spiro atoms. The van der Waals surface area contributed by atoms with E-state index in [0.29, 0.717) is 11.8 Å². The summed E-state index contributed by atoms with van der Waals surface area (Å²) in [5, 5.41) is 0.866. The zero-order valence-electron chi connectivity index (χ0n) is 11.3. The molecule has 4 atom stereocenters. The lowest BCUT2D eigenvalue weighted by atomic mass is 9.89. The van der Waals surface area contributed by atoms with Crippen molar-refractivity contribution in [3.8, 4) is 0 Å². The standard InChI is InChI=1S/C14H25NOS/c1-4-17-13-6-5-12(9-13)15-8-7-14(16)10(2)11(15)3/h10-13H,4-9H2,1-3H3. The quantitative estimate of drug-likeness (QED) is 0.773. The second kappa shape index (κ2) is 5.75. The van der Waals surface area contributed by atoms with E-state index in [9.17, 15) is 4.79 Å². The Kier molecular flexibility index (Phi) is 4.53. The number of rotatable bonds is 3. The van der Waals surface area contributed by atoms with Gasteiger partial charge in [0.15, 0.2) is 0 Å². The number of hydrogen-bond acceptors (Lipinski definition) is 3. The van der Waals surface area contributed by atoms with Crippen molar-refractivity contribution in [3.63, 3.8) is 0 Å². The van der Waals surface area contributed by atoms with Crippen molar-refractivity contribution < 1.29 is 4.79 Å². The lowest BCUT2D eigenvalue weighted by Crippen LogP contribution is -2.50. The summed E-state index contributed by atoms with van der Waals surface area (Å²) in [6.45, 7) is 7.59. The average molecular weight is 255 g/mol. The number of piperidine rings is 1. The smallest absolute Gasteiger partial charge is 0.138 e. The van der Waals surface area contributed by atoms with Gasteiger partial charge in [-0.05, 0) is 31.9 Å². The maximum atomic E-state index is 11.7. The molecule has 2 fully saturated rings. The Morgan fingerprint density at radius 2 is 2.12 bits per heavy atom. The summed E-state index contributed by atoms with van der Waals surface area (Å²) in [4.78, 5) is 14.3. The zero-order valence-corrected chi connectivity index (χ0v) is 12.1. The van der Waals surface area contributed by atoms with Gasteiger partial charge in [-0.2, -0.15) is 11.8 Å². The molecule has 0 amide bonds. The van der Waals surface area contributed by atoms with E-state index in [1.54, 1.807) is 0 Å². The van der Waals surface area contributed by atoms with Crippen LogP contribution in [0.5, 0.6) is 0 Å². The Morgan fingerprint density at radius 1 is 1.35 bits per heavy atom. The monoisotopic (exact) mass is 255 g/mol. The van der Waals surface area contributed by atoms with Crippen molar-refractivity contribution in [2.24, 2.45) is 5.92 Å². The highest BCUT2D eigenvalue weighted by Gasteiger charge is 2.37. The van der Waals surface area contributed by atoms with Gasteiger partial charge in [0, 0.05) is 36.2 Å². The molecule has 0 aromatic rings. The summed E-state index contributed by atoms with van der Waals surface area (Å²) < 4.78 is 0. The van der Waals surface area contributed by atoms with Gasteiger partial charge in [0.2, 0.25) is 0 Å². The van der Waals surface area contributed by atoms with Crippen LogP contribution in [0, 0.1) is 5.92 Å². The lowest BCUT2D eigenvalue weighted by molar-refractivity contribution is -0.128. The largest absolute Gasteiger partial charge is 0.299 e. The number of thioether (sulfide) groups is 1. The Morgan fingerprint density at radius 3 is 2.82 bits per heavy atom. The van der Waals surface area contributed by atoms with Crippen LogP contribution in [0.25, 0.3) is 0 Å². The Balaban J connectivity index is 1.92. The molecule has 0 aromatic heterocycles. The highest BCUT2D eigenvalue weighted by atomic mass is 32.2. The maximum Gasteiger partial charge on any atom is 0.138 e. The Hall–Kier alpha value is -0.0200. The summed E-state index contributed by atoms with van der Waals surface area (Å²) in [5.41, 5.74) is 0. The van der Waals surface area contributed by atoms with Crippen molar-refractivity contribution in [2.45, 2.75) is 63.8 Å². The van der Waals surface area contributed by atoms with Crippen LogP contribution in [-0.4, -0.2) is 40.3 Å². The number of likely N-dealkylation sites (tertiary alicyclic amines) is 1. The minimum atomic E-state index is 0.238. The van der Waals surface area contributed by atoms with Gasteiger partial charge >= 0.3 is 0 Å². The van der Waals surface area contributed by atoms with Crippen LogP contribution in [0.3, 0.4) is 0 Å². The van der Waals surface area contributed by atoms with E-state index < -0.39 is 0 Å². The van der Waals surface area contributed by atoms with E-state index in [-0.39, 0.29) is 5.92 Å². The first-order chi connectivity index (χ1) is 8.13. The van der Waals surface area contributed by atoms with Gasteiger partial charge in [0.05, 0.1) is 0 Å². The molecule has 0 aromatic carbocycles. The summed E-state index contributed by atoms with van der Waals surface area (Å²) in [6, 6.07) is 1.19. The first kappa shape index (κ1) is 13.4. The second-order valence-electron chi connectivity index (χ2n) is 5.53. The minimum Gasteiger partial charge on any atom is -0.299 e. The molecule has 1 heterocycles. The Bertz CT molecular complexity index is 281. The molecule has 0 N–H and O–H groups in total. The van der Waals surface area contributed by atoms with Gasteiger partial charge in [-0.25, -0.2) is 0 Å². The molecule has 0 bridgehead atoms. The van der Waals surface area contributed by atoms with Gasteiger partial charge < -0.3 is 0 Å². The molecule has 1 aliphatic heterocycles. The molecule has 2 nitrogen and oxygen atoms in total. The summed E-state index contributed by atoms with van der Waals surface area (Å²) in [7, 11) is 0. The lowest BCUT2D eigenvalue weighted by Gasteiger charge is -2.41. The third-order valence-electron chi connectivity index (χ3n) is 4.60. The van der Waals surface area contributed by atoms with Gasteiger partial charge in [-0.15, -0.1) is 0 Å². The molecule has 98 valence electrons. The van der Waals surface area contributed by atoms with Crippen LogP contribution in [0.4, 0.5) is 0 Å². The normalized spacial score (nSPS) is 39.8. The topological polar surface area (TPSA) is 20.3 Å². The van der Waals surface area contributed by atoms with Crippen LogP contribution in [-0.2, 0) is 4.79 Å². The van der Waals surface area contributed by atoms with E-state index in [4.69, 9.17) is 0 Å². The van der Waals surface area contributed by atoms with Gasteiger partial charge in [0.25, 0.3) is 0 Å². The number of hydrogen-bond donors (Lipinski definition) is 0. The predicted octanol–water partition coefficient (Wildman–Crippen LogP) is 2.96. The summed E-state index contributed by atoms with van der Waals surface area (Å²) in [6.07, 6.45) is 4.81. The molecular weight excluding hydrogens is 230 g/mol. The average Bonchev–Trinajstić information content (AvgIpc) is 2.75. The number of carbonyl (C=O) groups excluding carboxylic acids is 1. The van der Waals surface area contributed by atoms with Crippen LogP contribution >= 0.6 is 11.8 Å². The van der Waals surface area contributed by atoms with E-state index in [2.05, 4.69) is 37.4 Å². The van der Waals surface area contributed by atoms with Gasteiger partial charge in [0.1, 0.15) is 5.78 Å². The third kappa shape index (κ3) is 2.87. The molecule has 2 aliphatic rings. The van der Waals surface area contributed by atoms with Crippen LogP contribution in [0.2, 0.25) is 0 Å². The first-order valence-electron chi connectivity index (χ1n) is 7.03. The van der Waals surface area contributed by atoms with Crippen molar-refractivity contribution >= 4 is 17.5 Å². The fourth-order valence-electron chi connectivity index (χ4n) is 3.35. The third-order valence-corrected chi connectivity index (χ3v) is 5.83. The fourth-order valence-corrected chi connectivity index (χ4v) is 4.48. The number of ketones is 1. The molecule has 0 radical (unpaired) electrons. The summed E-state index contributed by atoms with van der Waals surface area (Å²) in [5.74, 6) is 1.94. The molecular formula is C14H25NOS. The molecule has 2 rings (SSSR count). The van der Waals surface area contributed by atoms with E-state index >= 15 is 0 Å².